The van der Waals surface area contributed by atoms with Crippen molar-refractivity contribution in [2.24, 2.45) is 5.92 Å². The second-order valence-electron chi connectivity index (χ2n) is 6.60. The predicted molar refractivity (Wildman–Crippen MR) is 84.7 cm³/mol. The number of hydrogen-bond donors (Lipinski definition) is 2. The number of nitrogens with zero attached hydrogens (tertiary/aromatic N) is 3. The van der Waals surface area contributed by atoms with Crippen molar-refractivity contribution in [1.29, 1.82) is 0 Å². The average Bonchev–Trinajstić information content (AvgIpc) is 2.90. The molecule has 1 saturated heterocycles. The minimum absolute atomic E-state index is 0.0515. The smallest absolute Gasteiger partial charge is 0.272 e. The maximum Gasteiger partial charge on any atom is 0.272 e. The highest BCUT2D eigenvalue weighted by atomic mass is 16.3. The van der Waals surface area contributed by atoms with Crippen LogP contribution in [-0.2, 0) is 0 Å². The van der Waals surface area contributed by atoms with Gasteiger partial charge in [0, 0.05) is 37.7 Å². The summed E-state index contributed by atoms with van der Waals surface area (Å²) >= 11 is 0. The fraction of sp³-hybridized carbons (Fsp3) is 0.688. The van der Waals surface area contributed by atoms with Gasteiger partial charge in [-0.05, 0) is 31.4 Å². The lowest BCUT2D eigenvalue weighted by Crippen LogP contribution is -2.42. The number of carbonyl (C=O) groups is 1. The van der Waals surface area contributed by atoms with Gasteiger partial charge in [-0.1, -0.05) is 13.8 Å². The molecule has 0 aromatic carbocycles. The molecule has 0 saturated carbocycles. The third-order valence-electron chi connectivity index (χ3n) is 4.33. The van der Waals surface area contributed by atoms with Crippen LogP contribution in [0.1, 0.15) is 49.7 Å². The van der Waals surface area contributed by atoms with Gasteiger partial charge in [0.15, 0.2) is 5.69 Å². The Morgan fingerprint density at radius 1 is 1.41 bits per heavy atom. The SMILES string of the molecule is CC(C)c1cnnc(C(=O)NC2CN(C(C)C)CC2CO)c1. The van der Waals surface area contributed by atoms with Crippen molar-refractivity contribution in [3.8, 4) is 0 Å². The molecule has 6 heteroatoms. The molecule has 1 fully saturated rings. The largest absolute Gasteiger partial charge is 0.396 e. The van der Waals surface area contributed by atoms with Gasteiger partial charge in [-0.2, -0.15) is 5.10 Å². The molecule has 2 unspecified atom stereocenters. The van der Waals surface area contributed by atoms with E-state index in [1.165, 1.54) is 0 Å². The first kappa shape index (κ1) is 16.8. The molecule has 2 rings (SSSR count). The third kappa shape index (κ3) is 3.81. The Bertz CT molecular complexity index is 519. The van der Waals surface area contributed by atoms with Crippen LogP contribution in [0.2, 0.25) is 0 Å². The van der Waals surface area contributed by atoms with E-state index in [-0.39, 0.29) is 24.5 Å². The van der Waals surface area contributed by atoms with E-state index in [4.69, 9.17) is 0 Å². The fourth-order valence-corrected chi connectivity index (χ4v) is 2.73. The second kappa shape index (κ2) is 7.15. The van der Waals surface area contributed by atoms with Gasteiger partial charge in [-0.15, -0.1) is 5.10 Å². The molecule has 0 aliphatic carbocycles. The van der Waals surface area contributed by atoms with Crippen molar-refractivity contribution in [1.82, 2.24) is 20.4 Å². The lowest BCUT2D eigenvalue weighted by atomic mass is 10.0. The minimum atomic E-state index is -0.218. The molecule has 1 aromatic rings. The van der Waals surface area contributed by atoms with Crippen LogP contribution >= 0.6 is 0 Å². The van der Waals surface area contributed by atoms with Crippen LogP contribution in [0.25, 0.3) is 0 Å². The van der Waals surface area contributed by atoms with Crippen LogP contribution in [0.5, 0.6) is 0 Å². The molecule has 2 N–H and O–H groups in total. The van der Waals surface area contributed by atoms with Crippen molar-refractivity contribution < 1.29 is 9.90 Å². The summed E-state index contributed by atoms with van der Waals surface area (Å²) in [5, 5.41) is 20.4. The van der Waals surface area contributed by atoms with Crippen LogP contribution in [0.15, 0.2) is 12.3 Å². The van der Waals surface area contributed by atoms with Gasteiger partial charge in [-0.3, -0.25) is 9.69 Å². The lowest BCUT2D eigenvalue weighted by Gasteiger charge is -2.20. The highest BCUT2D eigenvalue weighted by Crippen LogP contribution is 2.19. The van der Waals surface area contributed by atoms with Gasteiger partial charge >= 0.3 is 0 Å². The van der Waals surface area contributed by atoms with E-state index in [0.717, 1.165) is 18.7 Å². The standard InChI is InChI=1S/C16H26N4O2/c1-10(2)12-5-14(19-17-6-12)16(22)18-15-8-20(11(3)4)7-13(15)9-21/h5-6,10-11,13,15,21H,7-9H2,1-4H3,(H,18,22). The van der Waals surface area contributed by atoms with E-state index in [1.807, 2.05) is 0 Å². The first-order valence-corrected chi connectivity index (χ1v) is 7.90. The molecule has 122 valence electrons. The van der Waals surface area contributed by atoms with Gasteiger partial charge in [-0.25, -0.2) is 0 Å². The Morgan fingerprint density at radius 2 is 2.14 bits per heavy atom. The van der Waals surface area contributed by atoms with Gasteiger partial charge in [0.05, 0.1) is 6.20 Å². The summed E-state index contributed by atoms with van der Waals surface area (Å²) in [6.45, 7) is 9.98. The van der Waals surface area contributed by atoms with E-state index < -0.39 is 0 Å². The Labute approximate surface area is 131 Å². The highest BCUT2D eigenvalue weighted by Gasteiger charge is 2.34. The summed E-state index contributed by atoms with van der Waals surface area (Å²) in [6, 6.07) is 2.14. The van der Waals surface area contributed by atoms with Gasteiger partial charge in [0.1, 0.15) is 0 Å². The van der Waals surface area contributed by atoms with E-state index in [9.17, 15) is 9.90 Å². The molecular weight excluding hydrogens is 280 g/mol. The van der Waals surface area contributed by atoms with E-state index in [1.54, 1.807) is 12.3 Å². The Morgan fingerprint density at radius 3 is 2.73 bits per heavy atom. The molecule has 1 aliphatic heterocycles. The molecule has 1 aliphatic rings. The third-order valence-corrected chi connectivity index (χ3v) is 4.33. The summed E-state index contributed by atoms with van der Waals surface area (Å²) in [5.74, 6) is 0.145. The Kier molecular flexibility index (Phi) is 5.47. The molecule has 0 radical (unpaired) electrons. The quantitative estimate of drug-likeness (QED) is 0.849. The maximum atomic E-state index is 12.4. The van der Waals surface area contributed by atoms with Crippen molar-refractivity contribution in [2.45, 2.75) is 45.7 Å². The van der Waals surface area contributed by atoms with Gasteiger partial charge < -0.3 is 10.4 Å². The topological polar surface area (TPSA) is 78.4 Å². The van der Waals surface area contributed by atoms with E-state index >= 15 is 0 Å². The first-order valence-electron chi connectivity index (χ1n) is 7.90. The van der Waals surface area contributed by atoms with Gasteiger partial charge in [0.2, 0.25) is 0 Å². The summed E-state index contributed by atoms with van der Waals surface area (Å²) in [5.41, 5.74) is 1.33. The number of likely N-dealkylation sites (tertiary alicyclic amines) is 1. The number of amides is 1. The fourth-order valence-electron chi connectivity index (χ4n) is 2.73. The monoisotopic (exact) mass is 306 g/mol. The molecule has 2 atom stereocenters. The molecular formula is C16H26N4O2. The number of rotatable bonds is 5. The summed E-state index contributed by atoms with van der Waals surface area (Å²) < 4.78 is 0. The Hall–Kier alpha value is -1.53. The Balaban J connectivity index is 2.06. The van der Waals surface area contributed by atoms with Crippen LogP contribution in [0.4, 0.5) is 0 Å². The molecule has 0 spiro atoms. The second-order valence-corrected chi connectivity index (χ2v) is 6.60. The number of carbonyl (C=O) groups excluding carboxylic acids is 1. The lowest BCUT2D eigenvalue weighted by molar-refractivity contribution is 0.0914. The van der Waals surface area contributed by atoms with Crippen LogP contribution in [0, 0.1) is 5.92 Å². The molecule has 1 amide bonds. The maximum absolute atomic E-state index is 12.4. The van der Waals surface area contributed by atoms with Crippen molar-refractivity contribution >= 4 is 5.91 Å². The zero-order valence-corrected chi connectivity index (χ0v) is 13.8. The average molecular weight is 306 g/mol. The zero-order valence-electron chi connectivity index (χ0n) is 13.8. The van der Waals surface area contributed by atoms with Crippen molar-refractivity contribution in [3.05, 3.63) is 23.5 Å². The predicted octanol–water partition coefficient (Wildman–Crippen LogP) is 1.03. The molecule has 1 aromatic heterocycles. The van der Waals surface area contributed by atoms with E-state index in [0.29, 0.717) is 17.7 Å². The number of aliphatic hydroxyl groups is 1. The summed E-state index contributed by atoms with van der Waals surface area (Å²) in [4.78, 5) is 14.7. The zero-order chi connectivity index (χ0) is 16.3. The molecule has 0 bridgehead atoms. The molecule has 2 heterocycles. The number of hydrogen-bond acceptors (Lipinski definition) is 5. The minimum Gasteiger partial charge on any atom is -0.396 e. The van der Waals surface area contributed by atoms with Crippen molar-refractivity contribution in [3.63, 3.8) is 0 Å². The van der Waals surface area contributed by atoms with Crippen LogP contribution < -0.4 is 5.32 Å². The number of nitrogens with one attached hydrogen (secondary N) is 1. The summed E-state index contributed by atoms with van der Waals surface area (Å²) in [7, 11) is 0. The molecule has 6 nitrogen and oxygen atoms in total. The van der Waals surface area contributed by atoms with Crippen LogP contribution in [-0.4, -0.2) is 57.9 Å². The van der Waals surface area contributed by atoms with E-state index in [2.05, 4.69) is 48.1 Å². The normalized spacial score (nSPS) is 22.5. The first-order chi connectivity index (χ1) is 10.4. The van der Waals surface area contributed by atoms with Crippen molar-refractivity contribution in [2.75, 3.05) is 19.7 Å². The number of aliphatic hydroxyl groups excluding tert-OH is 1. The molecule has 22 heavy (non-hydrogen) atoms. The van der Waals surface area contributed by atoms with Gasteiger partial charge in [0.25, 0.3) is 5.91 Å². The summed E-state index contributed by atoms with van der Waals surface area (Å²) in [6.07, 6.45) is 1.69. The number of aromatic nitrogens is 2. The highest BCUT2D eigenvalue weighted by molar-refractivity contribution is 5.92. The van der Waals surface area contributed by atoms with Crippen LogP contribution in [0.3, 0.4) is 0 Å².